The number of amides is 1. The monoisotopic (exact) mass is 248 g/mol. The first-order chi connectivity index (χ1) is 8.69. The molecule has 1 aromatic rings. The smallest absolute Gasteiger partial charge is 0.224 e. The van der Waals surface area contributed by atoms with Gasteiger partial charge in [-0.3, -0.25) is 4.79 Å². The second-order valence-electron chi connectivity index (χ2n) is 4.86. The van der Waals surface area contributed by atoms with Gasteiger partial charge < -0.3 is 15.8 Å². The van der Waals surface area contributed by atoms with E-state index in [4.69, 9.17) is 10.5 Å². The highest BCUT2D eigenvalue weighted by atomic mass is 16.5. The Morgan fingerprint density at radius 2 is 2.39 bits per heavy atom. The van der Waals surface area contributed by atoms with Gasteiger partial charge in [0.25, 0.3) is 0 Å². The predicted molar refractivity (Wildman–Crippen MR) is 70.6 cm³/mol. The van der Waals surface area contributed by atoms with E-state index in [1.807, 2.05) is 19.1 Å². The molecule has 0 spiro atoms. The van der Waals surface area contributed by atoms with Crippen molar-refractivity contribution in [3.8, 4) is 5.75 Å². The number of ether oxygens (including phenoxy) is 1. The summed E-state index contributed by atoms with van der Waals surface area (Å²) in [4.78, 5) is 11.7. The summed E-state index contributed by atoms with van der Waals surface area (Å²) >= 11 is 0. The minimum atomic E-state index is 0.0502. The molecule has 1 unspecified atom stereocenters. The van der Waals surface area contributed by atoms with E-state index in [-0.39, 0.29) is 5.91 Å². The van der Waals surface area contributed by atoms with Gasteiger partial charge in [0, 0.05) is 13.0 Å². The van der Waals surface area contributed by atoms with Crippen LogP contribution in [0.2, 0.25) is 0 Å². The summed E-state index contributed by atoms with van der Waals surface area (Å²) < 4.78 is 5.44. The summed E-state index contributed by atoms with van der Waals surface area (Å²) in [6.07, 6.45) is 1.36. The fraction of sp³-hybridized carbons (Fsp3) is 0.500. The van der Waals surface area contributed by atoms with Crippen LogP contribution in [0.5, 0.6) is 5.75 Å². The Morgan fingerprint density at radius 1 is 1.56 bits per heavy atom. The van der Waals surface area contributed by atoms with E-state index in [1.54, 1.807) is 0 Å². The van der Waals surface area contributed by atoms with Gasteiger partial charge in [-0.1, -0.05) is 19.1 Å². The maximum Gasteiger partial charge on any atom is 0.224 e. The molecule has 1 heterocycles. The van der Waals surface area contributed by atoms with Crippen LogP contribution in [0.4, 0.5) is 0 Å². The van der Waals surface area contributed by atoms with Gasteiger partial charge >= 0.3 is 0 Å². The Kier molecular flexibility index (Phi) is 4.20. The van der Waals surface area contributed by atoms with Crippen molar-refractivity contribution in [1.29, 1.82) is 0 Å². The van der Waals surface area contributed by atoms with E-state index in [0.717, 1.165) is 24.3 Å². The number of hydrogen-bond acceptors (Lipinski definition) is 3. The van der Waals surface area contributed by atoms with Crippen LogP contribution in [0.15, 0.2) is 18.2 Å². The first-order valence-electron chi connectivity index (χ1n) is 6.40. The molecule has 18 heavy (non-hydrogen) atoms. The summed E-state index contributed by atoms with van der Waals surface area (Å²) in [5, 5.41) is 2.90. The van der Waals surface area contributed by atoms with Gasteiger partial charge in [-0.15, -0.1) is 0 Å². The Balaban J connectivity index is 1.87. The second-order valence-corrected chi connectivity index (χ2v) is 4.86. The molecule has 0 saturated heterocycles. The molecule has 0 radical (unpaired) electrons. The second kappa shape index (κ2) is 5.87. The molecule has 1 amide bonds. The minimum Gasteiger partial charge on any atom is -0.493 e. The zero-order chi connectivity index (χ0) is 13.0. The number of fused-ring (bicyclic) bond motifs is 1. The number of rotatable bonds is 5. The van der Waals surface area contributed by atoms with Crippen molar-refractivity contribution in [1.82, 2.24) is 5.32 Å². The van der Waals surface area contributed by atoms with Gasteiger partial charge in [0.2, 0.25) is 5.91 Å². The molecule has 1 aliphatic heterocycles. The van der Waals surface area contributed by atoms with Gasteiger partial charge in [-0.25, -0.2) is 0 Å². The Morgan fingerprint density at radius 3 is 3.17 bits per heavy atom. The molecule has 98 valence electrons. The number of carbonyl (C=O) groups is 1. The molecule has 0 bridgehead atoms. The lowest BCUT2D eigenvalue weighted by molar-refractivity contribution is -0.120. The molecule has 4 heteroatoms. The highest BCUT2D eigenvalue weighted by Gasteiger charge is 2.13. The number of nitrogens with two attached hydrogens (primary N) is 1. The molecule has 1 atom stereocenters. The van der Waals surface area contributed by atoms with Crippen LogP contribution in [-0.4, -0.2) is 25.6 Å². The third-order valence-electron chi connectivity index (χ3n) is 3.17. The summed E-state index contributed by atoms with van der Waals surface area (Å²) in [7, 11) is 0. The molecule has 4 nitrogen and oxygen atoms in total. The van der Waals surface area contributed by atoms with Gasteiger partial charge in [0.1, 0.15) is 5.75 Å². The van der Waals surface area contributed by atoms with E-state index < -0.39 is 0 Å². The molecule has 0 aromatic heterocycles. The van der Waals surface area contributed by atoms with Crippen LogP contribution in [0.25, 0.3) is 0 Å². The number of hydrogen-bond donors (Lipinski definition) is 2. The quantitative estimate of drug-likeness (QED) is 0.813. The molecular weight excluding hydrogens is 228 g/mol. The maximum atomic E-state index is 11.7. The third-order valence-corrected chi connectivity index (χ3v) is 3.17. The highest BCUT2D eigenvalue weighted by Crippen LogP contribution is 2.25. The first-order valence-corrected chi connectivity index (χ1v) is 6.40. The Hall–Kier alpha value is -1.55. The van der Waals surface area contributed by atoms with Gasteiger partial charge in [0.05, 0.1) is 13.0 Å². The average Bonchev–Trinajstić information content (AvgIpc) is 2.83. The van der Waals surface area contributed by atoms with Crippen molar-refractivity contribution in [3.05, 3.63) is 29.3 Å². The number of nitrogens with one attached hydrogen (secondary N) is 1. The topological polar surface area (TPSA) is 64.3 Å². The number of benzene rings is 1. The maximum absolute atomic E-state index is 11.7. The van der Waals surface area contributed by atoms with Crippen LogP contribution in [-0.2, 0) is 17.6 Å². The summed E-state index contributed by atoms with van der Waals surface area (Å²) in [6, 6.07) is 5.97. The lowest BCUT2D eigenvalue weighted by Gasteiger charge is -2.10. The fourth-order valence-electron chi connectivity index (χ4n) is 1.97. The lowest BCUT2D eigenvalue weighted by atomic mass is 10.1. The molecule has 1 aliphatic rings. The van der Waals surface area contributed by atoms with Crippen molar-refractivity contribution in [2.24, 2.45) is 11.7 Å². The first kappa shape index (κ1) is 12.9. The van der Waals surface area contributed by atoms with E-state index in [9.17, 15) is 4.79 Å². The van der Waals surface area contributed by atoms with Gasteiger partial charge in [-0.05, 0) is 29.7 Å². The minimum absolute atomic E-state index is 0.0502. The van der Waals surface area contributed by atoms with E-state index in [1.165, 1.54) is 5.56 Å². The summed E-state index contributed by atoms with van der Waals surface area (Å²) in [6.45, 7) is 4.01. The van der Waals surface area contributed by atoms with Crippen LogP contribution in [0, 0.1) is 5.92 Å². The molecular formula is C14H20N2O2. The van der Waals surface area contributed by atoms with Crippen LogP contribution >= 0.6 is 0 Å². The Labute approximate surface area is 108 Å². The van der Waals surface area contributed by atoms with Crippen molar-refractivity contribution in [2.45, 2.75) is 19.8 Å². The zero-order valence-corrected chi connectivity index (χ0v) is 10.7. The summed E-state index contributed by atoms with van der Waals surface area (Å²) in [5.74, 6) is 1.33. The lowest BCUT2D eigenvalue weighted by Crippen LogP contribution is -2.32. The number of carbonyl (C=O) groups excluding carboxylic acids is 1. The zero-order valence-electron chi connectivity index (χ0n) is 10.7. The van der Waals surface area contributed by atoms with Crippen LogP contribution in [0.3, 0.4) is 0 Å². The molecule has 2 rings (SSSR count). The normalized spacial score (nSPS) is 14.8. The van der Waals surface area contributed by atoms with Gasteiger partial charge in [0.15, 0.2) is 0 Å². The fourth-order valence-corrected chi connectivity index (χ4v) is 1.97. The molecule has 0 fully saturated rings. The standard InChI is InChI=1S/C14H20N2O2/c1-10(8-15)9-16-14(17)7-11-2-3-13-12(6-11)4-5-18-13/h2-3,6,10H,4-5,7-9,15H2,1H3,(H,16,17). The highest BCUT2D eigenvalue weighted by molar-refractivity contribution is 5.78. The van der Waals surface area contributed by atoms with E-state index in [0.29, 0.717) is 25.4 Å². The Bertz CT molecular complexity index is 432. The van der Waals surface area contributed by atoms with Gasteiger partial charge in [-0.2, -0.15) is 0 Å². The van der Waals surface area contributed by atoms with Crippen molar-refractivity contribution < 1.29 is 9.53 Å². The van der Waals surface area contributed by atoms with Crippen molar-refractivity contribution in [2.75, 3.05) is 19.7 Å². The molecule has 1 aromatic carbocycles. The van der Waals surface area contributed by atoms with E-state index >= 15 is 0 Å². The van der Waals surface area contributed by atoms with Crippen molar-refractivity contribution in [3.63, 3.8) is 0 Å². The third kappa shape index (κ3) is 3.23. The summed E-state index contributed by atoms with van der Waals surface area (Å²) in [5.41, 5.74) is 7.75. The van der Waals surface area contributed by atoms with E-state index in [2.05, 4.69) is 11.4 Å². The molecule has 0 aliphatic carbocycles. The van der Waals surface area contributed by atoms with Crippen LogP contribution < -0.4 is 15.8 Å². The van der Waals surface area contributed by atoms with Crippen molar-refractivity contribution >= 4 is 5.91 Å². The largest absolute Gasteiger partial charge is 0.493 e. The average molecular weight is 248 g/mol. The predicted octanol–water partition coefficient (Wildman–Crippen LogP) is 0.875. The molecule has 0 saturated carbocycles. The SMILES string of the molecule is CC(CN)CNC(=O)Cc1ccc2c(c1)CCO2. The molecule has 3 N–H and O–H groups in total. The van der Waals surface area contributed by atoms with Crippen LogP contribution in [0.1, 0.15) is 18.1 Å².